The van der Waals surface area contributed by atoms with Crippen molar-refractivity contribution in [1.82, 2.24) is 0 Å². The minimum Gasteiger partial charge on any atom is -0.478 e. The number of rotatable bonds is 6. The number of hydrogen-bond donors (Lipinski definition) is 2. The number of carboxylic acid groups (broad SMARTS) is 1. The van der Waals surface area contributed by atoms with E-state index in [0.29, 0.717) is 15.7 Å². The van der Waals surface area contributed by atoms with Crippen molar-refractivity contribution in [3.8, 4) is 0 Å². The zero-order chi connectivity index (χ0) is 19.4. The highest BCUT2D eigenvalue weighted by Crippen LogP contribution is 2.25. The van der Waals surface area contributed by atoms with Crippen LogP contribution < -0.4 is 5.32 Å². The second-order valence-corrected chi connectivity index (χ2v) is 6.85. The van der Waals surface area contributed by atoms with Crippen LogP contribution in [0.25, 0.3) is 0 Å². The lowest BCUT2D eigenvalue weighted by molar-refractivity contribution is 0.0693. The van der Waals surface area contributed by atoms with E-state index in [4.69, 9.17) is 23.2 Å². The molecule has 0 aliphatic rings. The standard InChI is InChI=1S/C21H16Cl2FNO2/c22-16-11-8-14(12-17(16)23)5-4-13-6-9-15(10-7-13)25-19-3-1-2-18(24)20(19)21(26)27/h1-3,6-12,25H,4-5H2,(H,26,27). The Labute approximate surface area is 166 Å². The van der Waals surface area contributed by atoms with Crippen molar-refractivity contribution in [3.63, 3.8) is 0 Å². The number of halogens is 3. The van der Waals surface area contributed by atoms with Gasteiger partial charge in [0.05, 0.1) is 15.7 Å². The van der Waals surface area contributed by atoms with Crippen molar-refractivity contribution < 1.29 is 14.3 Å². The number of anilines is 2. The molecule has 3 aromatic carbocycles. The van der Waals surface area contributed by atoms with Gasteiger partial charge in [-0.1, -0.05) is 47.5 Å². The third-order valence-electron chi connectivity index (χ3n) is 4.15. The lowest BCUT2D eigenvalue weighted by Crippen LogP contribution is -2.05. The Hall–Kier alpha value is -2.56. The molecule has 0 atom stereocenters. The summed E-state index contributed by atoms with van der Waals surface area (Å²) >= 11 is 12.0. The predicted molar refractivity (Wildman–Crippen MR) is 107 cm³/mol. The van der Waals surface area contributed by atoms with Crippen molar-refractivity contribution in [3.05, 3.63) is 93.2 Å². The van der Waals surface area contributed by atoms with Gasteiger partial charge in [0.1, 0.15) is 11.4 Å². The van der Waals surface area contributed by atoms with Gasteiger partial charge in [0.25, 0.3) is 0 Å². The summed E-state index contributed by atoms with van der Waals surface area (Å²) in [5, 5.41) is 13.2. The van der Waals surface area contributed by atoms with Crippen LogP contribution in [0.5, 0.6) is 0 Å². The van der Waals surface area contributed by atoms with Gasteiger partial charge >= 0.3 is 5.97 Å². The van der Waals surface area contributed by atoms with Crippen molar-refractivity contribution >= 4 is 40.5 Å². The fourth-order valence-electron chi connectivity index (χ4n) is 2.74. The maximum absolute atomic E-state index is 13.7. The third-order valence-corrected chi connectivity index (χ3v) is 4.89. The van der Waals surface area contributed by atoms with Gasteiger partial charge in [0.2, 0.25) is 0 Å². The van der Waals surface area contributed by atoms with Crippen LogP contribution in [0, 0.1) is 5.82 Å². The van der Waals surface area contributed by atoms with Crippen molar-refractivity contribution in [1.29, 1.82) is 0 Å². The Morgan fingerprint density at radius 3 is 2.26 bits per heavy atom. The van der Waals surface area contributed by atoms with E-state index >= 15 is 0 Å². The summed E-state index contributed by atoms with van der Waals surface area (Å²) in [5.41, 5.74) is 2.73. The minimum atomic E-state index is -1.31. The Balaban J connectivity index is 1.68. The molecule has 0 aromatic heterocycles. The molecule has 0 spiro atoms. The first-order valence-corrected chi connectivity index (χ1v) is 9.01. The molecule has 0 fully saturated rings. The molecule has 3 rings (SSSR count). The van der Waals surface area contributed by atoms with Gasteiger partial charge in [-0.3, -0.25) is 0 Å². The number of aryl methyl sites for hydroxylation is 2. The highest BCUT2D eigenvalue weighted by Gasteiger charge is 2.15. The van der Waals surface area contributed by atoms with Crippen LogP contribution in [0.4, 0.5) is 15.8 Å². The van der Waals surface area contributed by atoms with Crippen molar-refractivity contribution in [2.24, 2.45) is 0 Å². The first-order valence-electron chi connectivity index (χ1n) is 8.26. The maximum Gasteiger partial charge on any atom is 0.340 e. The third kappa shape index (κ3) is 4.79. The first kappa shape index (κ1) is 19.2. The van der Waals surface area contributed by atoms with E-state index in [9.17, 15) is 14.3 Å². The number of benzene rings is 3. The Morgan fingerprint density at radius 1 is 0.926 bits per heavy atom. The van der Waals surface area contributed by atoms with E-state index in [0.717, 1.165) is 30.0 Å². The Bertz CT molecular complexity index is 974. The molecular weight excluding hydrogens is 388 g/mol. The van der Waals surface area contributed by atoms with Crippen LogP contribution in [-0.4, -0.2) is 11.1 Å². The Kier molecular flexibility index (Phi) is 5.99. The number of hydrogen-bond acceptors (Lipinski definition) is 2. The zero-order valence-corrected chi connectivity index (χ0v) is 15.7. The molecular formula is C21H16Cl2FNO2. The normalized spacial score (nSPS) is 10.6. The topological polar surface area (TPSA) is 49.3 Å². The van der Waals surface area contributed by atoms with Crippen LogP contribution >= 0.6 is 23.2 Å². The molecule has 3 nitrogen and oxygen atoms in total. The largest absolute Gasteiger partial charge is 0.478 e. The summed E-state index contributed by atoms with van der Waals surface area (Å²) in [6.45, 7) is 0. The van der Waals surface area contributed by atoms with Crippen LogP contribution in [0.2, 0.25) is 10.0 Å². The van der Waals surface area contributed by atoms with Gasteiger partial charge in [-0.05, 0) is 60.4 Å². The monoisotopic (exact) mass is 403 g/mol. The van der Waals surface area contributed by atoms with Gasteiger partial charge in [-0.2, -0.15) is 0 Å². The van der Waals surface area contributed by atoms with Crippen molar-refractivity contribution in [2.45, 2.75) is 12.8 Å². The van der Waals surface area contributed by atoms with E-state index in [-0.39, 0.29) is 11.3 Å². The highest BCUT2D eigenvalue weighted by molar-refractivity contribution is 6.42. The molecule has 0 bridgehead atoms. The fourth-order valence-corrected chi connectivity index (χ4v) is 3.06. The molecule has 0 aliphatic heterocycles. The van der Waals surface area contributed by atoms with Crippen LogP contribution in [-0.2, 0) is 12.8 Å². The van der Waals surface area contributed by atoms with Crippen molar-refractivity contribution in [2.75, 3.05) is 5.32 Å². The SMILES string of the molecule is O=C(O)c1c(F)cccc1Nc1ccc(CCc2ccc(Cl)c(Cl)c2)cc1. The predicted octanol–water partition coefficient (Wildman–Crippen LogP) is 6.36. The number of carbonyl (C=O) groups is 1. The first-order chi connectivity index (χ1) is 12.9. The summed E-state index contributed by atoms with van der Waals surface area (Å²) in [6.07, 6.45) is 1.63. The molecule has 0 saturated heterocycles. The molecule has 3 aromatic rings. The summed E-state index contributed by atoms with van der Waals surface area (Å²) in [6, 6.07) is 17.3. The molecule has 6 heteroatoms. The van der Waals surface area contributed by atoms with Crippen LogP contribution in [0.15, 0.2) is 60.7 Å². The summed E-state index contributed by atoms with van der Waals surface area (Å²) < 4.78 is 13.7. The summed E-state index contributed by atoms with van der Waals surface area (Å²) in [5.74, 6) is -2.08. The fraction of sp³-hybridized carbons (Fsp3) is 0.0952. The summed E-state index contributed by atoms with van der Waals surface area (Å²) in [4.78, 5) is 11.3. The van der Waals surface area contributed by atoms with Crippen LogP contribution in [0.1, 0.15) is 21.5 Å². The number of nitrogens with one attached hydrogen (secondary N) is 1. The van der Waals surface area contributed by atoms with E-state index in [2.05, 4.69) is 5.32 Å². The Morgan fingerprint density at radius 2 is 1.59 bits per heavy atom. The van der Waals surface area contributed by atoms with Gasteiger partial charge < -0.3 is 10.4 Å². The molecule has 138 valence electrons. The maximum atomic E-state index is 13.7. The number of carboxylic acids is 1. The van der Waals surface area contributed by atoms with E-state index < -0.39 is 11.8 Å². The van der Waals surface area contributed by atoms with Gasteiger partial charge in [0.15, 0.2) is 0 Å². The molecule has 0 heterocycles. The molecule has 0 radical (unpaired) electrons. The minimum absolute atomic E-state index is 0.214. The smallest absolute Gasteiger partial charge is 0.340 e. The average molecular weight is 404 g/mol. The molecule has 0 saturated carbocycles. The lowest BCUT2D eigenvalue weighted by Gasteiger charge is -2.11. The van der Waals surface area contributed by atoms with Gasteiger partial charge in [-0.25, -0.2) is 9.18 Å². The van der Waals surface area contributed by atoms with Crippen LogP contribution in [0.3, 0.4) is 0 Å². The molecule has 0 aliphatic carbocycles. The second kappa shape index (κ2) is 8.42. The highest BCUT2D eigenvalue weighted by atomic mass is 35.5. The summed E-state index contributed by atoms with van der Waals surface area (Å²) in [7, 11) is 0. The van der Waals surface area contributed by atoms with Gasteiger partial charge in [0, 0.05) is 5.69 Å². The average Bonchev–Trinajstić information content (AvgIpc) is 2.63. The van der Waals surface area contributed by atoms with E-state index in [1.54, 1.807) is 6.07 Å². The quantitative estimate of drug-likeness (QED) is 0.503. The lowest BCUT2D eigenvalue weighted by atomic mass is 10.0. The molecule has 2 N–H and O–H groups in total. The molecule has 27 heavy (non-hydrogen) atoms. The second-order valence-electron chi connectivity index (χ2n) is 6.04. The molecule has 0 amide bonds. The van der Waals surface area contributed by atoms with E-state index in [1.807, 2.05) is 36.4 Å². The van der Waals surface area contributed by atoms with E-state index in [1.165, 1.54) is 12.1 Å². The molecule has 0 unspecified atom stereocenters. The zero-order valence-electron chi connectivity index (χ0n) is 14.2. The number of aromatic carboxylic acids is 1. The van der Waals surface area contributed by atoms with Gasteiger partial charge in [-0.15, -0.1) is 0 Å².